The van der Waals surface area contributed by atoms with Crippen LogP contribution in [-0.2, 0) is 4.79 Å². The summed E-state index contributed by atoms with van der Waals surface area (Å²) >= 11 is 0. The molecule has 1 aromatic heterocycles. The summed E-state index contributed by atoms with van der Waals surface area (Å²) in [7, 11) is 1.62. The first-order valence-electron chi connectivity index (χ1n) is 13.4. The lowest BCUT2D eigenvalue weighted by atomic mass is 10.1. The number of nitrogens with zero attached hydrogens (tertiary/aromatic N) is 6. The van der Waals surface area contributed by atoms with Crippen LogP contribution in [0, 0.1) is 0 Å². The summed E-state index contributed by atoms with van der Waals surface area (Å²) in [6.45, 7) is 11.0. The van der Waals surface area contributed by atoms with Crippen LogP contribution >= 0.6 is 0 Å². The van der Waals surface area contributed by atoms with E-state index in [1.165, 1.54) is 10.5 Å². The number of hydrogen-bond donors (Lipinski definition) is 1. The highest BCUT2D eigenvalue weighted by Crippen LogP contribution is 2.23. The van der Waals surface area contributed by atoms with Gasteiger partial charge in [0.25, 0.3) is 0 Å². The van der Waals surface area contributed by atoms with Gasteiger partial charge in [0.1, 0.15) is 17.2 Å². The predicted molar refractivity (Wildman–Crippen MR) is 154 cm³/mol. The van der Waals surface area contributed by atoms with Crippen LogP contribution in [0.2, 0.25) is 0 Å². The van der Waals surface area contributed by atoms with Crippen LogP contribution < -0.4 is 19.7 Å². The number of rotatable bonds is 13. The molecule has 1 atom stereocenters. The van der Waals surface area contributed by atoms with Gasteiger partial charge >= 0.3 is 0 Å². The van der Waals surface area contributed by atoms with Crippen LogP contribution in [0.5, 0.6) is 11.5 Å². The van der Waals surface area contributed by atoms with Crippen LogP contribution in [0.3, 0.4) is 0 Å². The maximum absolute atomic E-state index is 12.3. The van der Waals surface area contributed by atoms with Crippen LogP contribution in [0.25, 0.3) is 0 Å². The van der Waals surface area contributed by atoms with Gasteiger partial charge in [0.15, 0.2) is 5.82 Å². The van der Waals surface area contributed by atoms with E-state index in [0.717, 1.165) is 36.0 Å². The quantitative estimate of drug-likeness (QED) is 0.324. The number of anilines is 1. The number of ether oxygens (including phenoxy) is 2. The number of nitrogens with one attached hydrogen (secondary N) is 1. The zero-order valence-electron chi connectivity index (χ0n) is 23.3. The van der Waals surface area contributed by atoms with Gasteiger partial charge in [-0.2, -0.15) is 5.10 Å². The van der Waals surface area contributed by atoms with Crippen LogP contribution in [0.4, 0.5) is 11.4 Å². The van der Waals surface area contributed by atoms with E-state index in [4.69, 9.17) is 19.5 Å². The Kier molecular flexibility index (Phi) is 9.30. The second-order valence-electron chi connectivity index (χ2n) is 9.35. The average Bonchev–Trinajstić information content (AvgIpc) is 3.49. The summed E-state index contributed by atoms with van der Waals surface area (Å²) in [5, 5.41) is 12.0. The topological polar surface area (TPSA) is 106 Å². The van der Waals surface area contributed by atoms with E-state index in [1.807, 2.05) is 50.2 Å². The Labute approximate surface area is 229 Å². The fourth-order valence-electron chi connectivity index (χ4n) is 4.23. The molecule has 1 unspecified atom stereocenters. The SMILES string of the molecule is CCN(CC)c1ccc(N=C2C(C)=Nn3nc(C(C)CNC(=O)CCCOc4ccc(OC)cc4)nc32)cc1. The number of carbonyl (C=O) groups excluding carboxylic acids is 1. The van der Waals surface area contributed by atoms with Gasteiger partial charge in [-0.3, -0.25) is 4.79 Å². The van der Waals surface area contributed by atoms with Crippen molar-refractivity contribution in [2.24, 2.45) is 10.1 Å². The molecule has 1 aliphatic rings. The summed E-state index contributed by atoms with van der Waals surface area (Å²) in [5.41, 5.74) is 3.48. The molecule has 0 bridgehead atoms. The maximum Gasteiger partial charge on any atom is 0.220 e. The normalized spacial score (nSPS) is 14.1. The molecule has 2 aromatic carbocycles. The lowest BCUT2D eigenvalue weighted by Gasteiger charge is -2.20. The summed E-state index contributed by atoms with van der Waals surface area (Å²) < 4.78 is 10.8. The number of hydrogen-bond acceptors (Lipinski definition) is 8. The van der Waals surface area contributed by atoms with E-state index < -0.39 is 0 Å². The number of amides is 1. The number of carbonyl (C=O) groups is 1. The van der Waals surface area contributed by atoms with E-state index in [0.29, 0.717) is 43.4 Å². The van der Waals surface area contributed by atoms with Crippen molar-refractivity contribution in [1.29, 1.82) is 0 Å². The van der Waals surface area contributed by atoms with Gasteiger partial charge in [0.2, 0.25) is 11.7 Å². The first-order valence-corrected chi connectivity index (χ1v) is 13.4. The molecule has 0 radical (unpaired) electrons. The monoisotopic (exact) mass is 531 g/mol. The van der Waals surface area contributed by atoms with Crippen molar-refractivity contribution in [3.05, 3.63) is 60.2 Å². The van der Waals surface area contributed by atoms with Gasteiger partial charge in [0.05, 0.1) is 25.1 Å². The highest BCUT2D eigenvalue weighted by Gasteiger charge is 2.26. The molecule has 10 heteroatoms. The van der Waals surface area contributed by atoms with Gasteiger partial charge in [-0.15, -0.1) is 9.89 Å². The summed E-state index contributed by atoms with van der Waals surface area (Å²) in [5.74, 6) is 2.66. The first kappa shape index (κ1) is 27.8. The van der Waals surface area contributed by atoms with E-state index in [-0.39, 0.29) is 11.8 Å². The smallest absolute Gasteiger partial charge is 0.220 e. The number of methoxy groups -OCH3 is 1. The van der Waals surface area contributed by atoms with E-state index in [2.05, 4.69) is 46.4 Å². The molecular formula is C29H37N7O3. The Morgan fingerprint density at radius 3 is 2.44 bits per heavy atom. The Morgan fingerprint density at radius 2 is 1.77 bits per heavy atom. The van der Waals surface area contributed by atoms with Crippen molar-refractivity contribution in [3.63, 3.8) is 0 Å². The second-order valence-corrected chi connectivity index (χ2v) is 9.35. The molecular weight excluding hydrogens is 494 g/mol. The molecule has 0 aliphatic carbocycles. The van der Waals surface area contributed by atoms with Crippen molar-refractivity contribution in [3.8, 4) is 11.5 Å². The third-order valence-electron chi connectivity index (χ3n) is 6.55. The Balaban J connectivity index is 1.28. The predicted octanol–water partition coefficient (Wildman–Crippen LogP) is 4.57. The number of fused-ring (bicyclic) bond motifs is 1. The van der Waals surface area contributed by atoms with Crippen LogP contribution in [0.15, 0.2) is 58.6 Å². The van der Waals surface area contributed by atoms with Gasteiger partial charge in [0, 0.05) is 37.7 Å². The van der Waals surface area contributed by atoms with Crippen molar-refractivity contribution in [2.75, 3.05) is 38.3 Å². The molecule has 3 aromatic rings. The van der Waals surface area contributed by atoms with Gasteiger partial charge < -0.3 is 19.7 Å². The highest BCUT2D eigenvalue weighted by molar-refractivity contribution is 6.48. The molecule has 1 amide bonds. The minimum atomic E-state index is -0.0762. The molecule has 0 fully saturated rings. The van der Waals surface area contributed by atoms with Crippen LogP contribution in [-0.4, -0.2) is 65.6 Å². The Morgan fingerprint density at radius 1 is 1.08 bits per heavy atom. The van der Waals surface area contributed by atoms with Crippen molar-refractivity contribution in [1.82, 2.24) is 20.2 Å². The molecule has 1 aliphatic heterocycles. The highest BCUT2D eigenvalue weighted by atomic mass is 16.5. The molecule has 4 rings (SSSR count). The zero-order valence-corrected chi connectivity index (χ0v) is 23.3. The van der Waals surface area contributed by atoms with Gasteiger partial charge in [-0.1, -0.05) is 6.92 Å². The number of aromatic nitrogens is 3. The fourth-order valence-corrected chi connectivity index (χ4v) is 4.23. The molecule has 0 spiro atoms. The average molecular weight is 532 g/mol. The van der Waals surface area contributed by atoms with Gasteiger partial charge in [-0.05, 0) is 75.7 Å². The molecule has 0 saturated carbocycles. The van der Waals surface area contributed by atoms with Gasteiger partial charge in [-0.25, -0.2) is 9.98 Å². The first-order chi connectivity index (χ1) is 18.9. The fraction of sp³-hybridized carbons (Fsp3) is 0.414. The third kappa shape index (κ3) is 7.01. The maximum atomic E-state index is 12.3. The molecule has 0 saturated heterocycles. The summed E-state index contributed by atoms with van der Waals surface area (Å²) in [6.07, 6.45) is 0.996. The number of benzene rings is 2. The largest absolute Gasteiger partial charge is 0.497 e. The Hall–Kier alpha value is -4.21. The molecule has 1 N–H and O–H groups in total. The standard InChI is InChI=1S/C29H37N7O3/c1-6-35(7-2)23-12-10-22(11-13-23)31-27-21(4)33-36-29(27)32-28(34-36)20(3)19-30-26(37)9-8-18-39-25-16-14-24(38-5)15-17-25/h10-17,20H,6-9,18-19H2,1-5H3,(H,30,37). The molecule has 39 heavy (non-hydrogen) atoms. The summed E-state index contributed by atoms with van der Waals surface area (Å²) in [4.78, 5) is 25.7. The van der Waals surface area contributed by atoms with E-state index in [1.54, 1.807) is 7.11 Å². The second kappa shape index (κ2) is 13.0. The van der Waals surface area contributed by atoms with Crippen molar-refractivity contribution in [2.45, 2.75) is 46.5 Å². The van der Waals surface area contributed by atoms with E-state index in [9.17, 15) is 4.79 Å². The van der Waals surface area contributed by atoms with Crippen molar-refractivity contribution >= 4 is 28.7 Å². The van der Waals surface area contributed by atoms with Crippen LogP contribution in [0.1, 0.15) is 58.1 Å². The molecule has 10 nitrogen and oxygen atoms in total. The molecule has 2 heterocycles. The minimum Gasteiger partial charge on any atom is -0.497 e. The third-order valence-corrected chi connectivity index (χ3v) is 6.55. The lowest BCUT2D eigenvalue weighted by Crippen LogP contribution is -2.28. The van der Waals surface area contributed by atoms with Crippen molar-refractivity contribution < 1.29 is 14.3 Å². The number of aliphatic imine (C=N–C) groups is 1. The minimum absolute atomic E-state index is 0.0313. The van der Waals surface area contributed by atoms with E-state index >= 15 is 0 Å². The lowest BCUT2D eigenvalue weighted by molar-refractivity contribution is -0.121. The zero-order chi connectivity index (χ0) is 27.8. The Bertz CT molecular complexity index is 1310. The molecule has 206 valence electrons. The summed E-state index contributed by atoms with van der Waals surface area (Å²) in [6, 6.07) is 15.6.